The van der Waals surface area contributed by atoms with Gasteiger partial charge >= 0.3 is 0 Å². The smallest absolute Gasteiger partial charge is 0.125 e. The van der Waals surface area contributed by atoms with Crippen LogP contribution in [0.25, 0.3) is 0 Å². The summed E-state index contributed by atoms with van der Waals surface area (Å²) in [6.07, 6.45) is 5.31. The van der Waals surface area contributed by atoms with Gasteiger partial charge in [0.2, 0.25) is 0 Å². The van der Waals surface area contributed by atoms with E-state index in [0.717, 1.165) is 6.54 Å². The molecule has 0 aromatic heterocycles. The van der Waals surface area contributed by atoms with Gasteiger partial charge in [-0.15, -0.1) is 0 Å². The summed E-state index contributed by atoms with van der Waals surface area (Å²) < 4.78 is 0. The van der Waals surface area contributed by atoms with E-state index in [1.165, 1.54) is 45.3 Å². The number of nitrogens with two attached hydrogens (primary N) is 2. The molecule has 0 saturated heterocycles. The van der Waals surface area contributed by atoms with Crippen LogP contribution < -0.4 is 46.1 Å². The zero-order valence-electron chi connectivity index (χ0n) is 17.4. The van der Waals surface area contributed by atoms with Crippen molar-refractivity contribution >= 4 is 0 Å². The van der Waals surface area contributed by atoms with Gasteiger partial charge in [0.05, 0.1) is 20.2 Å². The van der Waals surface area contributed by atoms with E-state index < -0.39 is 0 Å². The number of quaternary nitrogens is 2. The van der Waals surface area contributed by atoms with Crippen LogP contribution in [0.5, 0.6) is 0 Å². The minimum Gasteiger partial charge on any atom is -1.00 e. The second-order valence-corrected chi connectivity index (χ2v) is 4.97. The van der Waals surface area contributed by atoms with Crippen LogP contribution in [0.1, 0.15) is 53.4 Å². The van der Waals surface area contributed by atoms with Crippen molar-refractivity contribution in [2.75, 3.05) is 60.5 Å². The number of likely N-dealkylation sites (N-methyl/N-ethyl adjacent to an activating group) is 3. The standard InChI is InChI=1S/C5H14N2.C5H12.C4H11N.C3H9NO.2ClH/c1-3-7-5-4-6-2;1-3-5-4-2;1-3-4-5-2;1-4-2-3-5;;/h6-7H,3-5H2,1-2H3;3-5H2,1-2H3;5H,3-4H2,1-2H3;4-5H,2-3H2,1H3;2*1H. The predicted octanol–water partition coefficient (Wildman–Crippen LogP) is -6.22. The van der Waals surface area contributed by atoms with Crippen LogP contribution in [0.4, 0.5) is 0 Å². The number of hydrogen-bond donors (Lipinski definition) is 5. The summed E-state index contributed by atoms with van der Waals surface area (Å²) in [5, 5.41) is 18.3. The lowest BCUT2D eigenvalue weighted by Crippen LogP contribution is -3.00. The quantitative estimate of drug-likeness (QED) is 0.239. The molecule has 0 atom stereocenters. The average molecular weight is 396 g/mol. The van der Waals surface area contributed by atoms with E-state index in [-0.39, 0.29) is 31.4 Å². The van der Waals surface area contributed by atoms with Crippen molar-refractivity contribution in [1.82, 2.24) is 10.6 Å². The summed E-state index contributed by atoms with van der Waals surface area (Å²) in [4.78, 5) is 0. The van der Waals surface area contributed by atoms with E-state index in [0.29, 0.717) is 6.54 Å². The van der Waals surface area contributed by atoms with E-state index in [1.807, 2.05) is 7.05 Å². The number of nitrogens with one attached hydrogen (secondary N) is 2. The Hall–Kier alpha value is 0.380. The Morgan fingerprint density at radius 1 is 0.792 bits per heavy atom. The van der Waals surface area contributed by atoms with Gasteiger partial charge in [-0.3, -0.25) is 0 Å². The summed E-state index contributed by atoms with van der Waals surface area (Å²) in [5.74, 6) is 0. The van der Waals surface area contributed by atoms with Gasteiger partial charge in [0.25, 0.3) is 0 Å². The van der Waals surface area contributed by atoms with Crippen molar-refractivity contribution in [3.63, 3.8) is 0 Å². The SMILES string of the molecule is CCCCC.CCCNC.CC[NH2+]CC[NH2+]C.CNCCO.[Cl-].[Cl-]. The highest BCUT2D eigenvalue weighted by Crippen LogP contribution is 1.88. The summed E-state index contributed by atoms with van der Waals surface area (Å²) in [6, 6.07) is 0. The van der Waals surface area contributed by atoms with Crippen LogP contribution in [0, 0.1) is 0 Å². The zero-order valence-corrected chi connectivity index (χ0v) is 18.9. The lowest BCUT2D eigenvalue weighted by molar-refractivity contribution is -0.710. The Balaban J connectivity index is -0.0000000443. The number of halogens is 2. The second kappa shape index (κ2) is 56.6. The molecule has 0 heterocycles. The number of unbranched alkanes of at least 4 members (excludes halogenated alkanes) is 2. The molecule has 0 aliphatic heterocycles. The third kappa shape index (κ3) is 94.9. The third-order valence-electron chi connectivity index (χ3n) is 2.52. The van der Waals surface area contributed by atoms with Gasteiger partial charge in [0.1, 0.15) is 13.1 Å². The van der Waals surface area contributed by atoms with Crippen LogP contribution in [-0.2, 0) is 0 Å². The highest BCUT2D eigenvalue weighted by atomic mass is 35.5. The monoisotopic (exact) mass is 394 g/mol. The van der Waals surface area contributed by atoms with Crippen LogP contribution in [0.2, 0.25) is 0 Å². The van der Waals surface area contributed by atoms with Crippen LogP contribution in [0.15, 0.2) is 0 Å². The molecule has 0 rings (SSSR count). The molecule has 0 aliphatic rings. The Morgan fingerprint density at radius 2 is 1.29 bits per heavy atom. The fourth-order valence-corrected chi connectivity index (χ4v) is 1.20. The van der Waals surface area contributed by atoms with Gasteiger partial charge in [0, 0.05) is 6.54 Å². The molecule has 0 unspecified atom stereocenters. The lowest BCUT2D eigenvalue weighted by atomic mass is 10.3. The maximum atomic E-state index is 8.00. The predicted molar refractivity (Wildman–Crippen MR) is 100 cm³/mol. The van der Waals surface area contributed by atoms with Crippen molar-refractivity contribution in [3.05, 3.63) is 0 Å². The van der Waals surface area contributed by atoms with Crippen LogP contribution >= 0.6 is 0 Å². The van der Waals surface area contributed by atoms with Crippen molar-refractivity contribution in [2.45, 2.75) is 53.4 Å². The molecular weight excluding hydrogens is 347 g/mol. The maximum absolute atomic E-state index is 8.00. The Labute approximate surface area is 165 Å². The molecule has 0 spiro atoms. The highest BCUT2D eigenvalue weighted by Gasteiger charge is 1.82. The largest absolute Gasteiger partial charge is 1.00 e. The highest BCUT2D eigenvalue weighted by molar-refractivity contribution is 4.28. The molecule has 0 fully saturated rings. The number of aliphatic hydroxyl groups is 1. The fourth-order valence-electron chi connectivity index (χ4n) is 1.20. The first-order valence-corrected chi connectivity index (χ1v) is 9.15. The van der Waals surface area contributed by atoms with Gasteiger partial charge in [-0.05, 0) is 34.0 Å². The van der Waals surface area contributed by atoms with Gasteiger partial charge in [0.15, 0.2) is 0 Å². The summed E-state index contributed by atoms with van der Waals surface area (Å²) in [5.41, 5.74) is 0. The Morgan fingerprint density at radius 3 is 1.42 bits per heavy atom. The molecular formula is C17H48Cl2N4O. The lowest BCUT2D eigenvalue weighted by Gasteiger charge is -1.91. The minimum absolute atomic E-state index is 0. The molecule has 5 nitrogen and oxygen atoms in total. The Bertz CT molecular complexity index is 113. The topological polar surface area (TPSA) is 77.5 Å². The first kappa shape index (κ1) is 39.4. The van der Waals surface area contributed by atoms with E-state index in [9.17, 15) is 0 Å². The van der Waals surface area contributed by atoms with Crippen LogP contribution in [-0.4, -0.2) is 65.6 Å². The van der Waals surface area contributed by atoms with Gasteiger partial charge in [-0.1, -0.05) is 40.0 Å². The van der Waals surface area contributed by atoms with Gasteiger partial charge in [-0.25, -0.2) is 0 Å². The number of rotatable bonds is 10. The van der Waals surface area contributed by atoms with Crippen molar-refractivity contribution in [3.8, 4) is 0 Å². The third-order valence-corrected chi connectivity index (χ3v) is 2.52. The Kier molecular flexibility index (Phi) is 93.1. The van der Waals surface area contributed by atoms with Gasteiger partial charge in [-0.2, -0.15) is 0 Å². The normalized spacial score (nSPS) is 8.00. The minimum atomic E-state index is 0. The molecule has 0 saturated carbocycles. The van der Waals surface area contributed by atoms with Gasteiger partial charge < -0.3 is 51.2 Å². The van der Waals surface area contributed by atoms with Crippen molar-refractivity contribution < 1.29 is 40.6 Å². The molecule has 0 amide bonds. The molecule has 0 bridgehead atoms. The first-order valence-electron chi connectivity index (χ1n) is 9.15. The molecule has 0 radical (unpaired) electrons. The maximum Gasteiger partial charge on any atom is 0.125 e. The summed E-state index contributed by atoms with van der Waals surface area (Å²) >= 11 is 0. The molecule has 156 valence electrons. The first-order chi connectivity index (χ1) is 10.7. The summed E-state index contributed by atoms with van der Waals surface area (Å²) in [6.45, 7) is 14.5. The number of hydrogen-bond acceptors (Lipinski definition) is 3. The van der Waals surface area contributed by atoms with E-state index in [2.05, 4.69) is 56.0 Å². The zero-order chi connectivity index (χ0) is 17.9. The molecule has 7 heteroatoms. The molecule has 0 aromatic carbocycles. The number of aliphatic hydroxyl groups excluding tert-OH is 1. The molecule has 0 aromatic rings. The summed E-state index contributed by atoms with van der Waals surface area (Å²) in [7, 11) is 5.86. The van der Waals surface area contributed by atoms with E-state index >= 15 is 0 Å². The van der Waals surface area contributed by atoms with E-state index in [1.54, 1.807) is 7.05 Å². The molecule has 24 heavy (non-hydrogen) atoms. The van der Waals surface area contributed by atoms with Crippen molar-refractivity contribution in [2.24, 2.45) is 0 Å². The molecule has 0 aliphatic carbocycles. The second-order valence-electron chi connectivity index (χ2n) is 4.97. The average Bonchev–Trinajstić information content (AvgIpc) is 2.52. The molecule has 7 N–H and O–H groups in total. The van der Waals surface area contributed by atoms with Crippen LogP contribution in [0.3, 0.4) is 0 Å². The fraction of sp³-hybridized carbons (Fsp3) is 1.00. The van der Waals surface area contributed by atoms with E-state index in [4.69, 9.17) is 5.11 Å². The van der Waals surface area contributed by atoms with Crippen molar-refractivity contribution in [1.29, 1.82) is 0 Å².